The zero-order chi connectivity index (χ0) is 18.8. The molecule has 3 heterocycles. The standard InChI is InChI=1S/C21H25N3O3/c1-14-22-19(11-21(25)23-14)16-5-7-24(8-6-16)12-15-9-17-10-18(26-2)3-4-20(17)27-13-15/h3-4,9-11,16H,5-8,12-13H2,1-2H3,(H,22,23,25). The number of rotatable bonds is 4. The quantitative estimate of drug-likeness (QED) is 0.900. The predicted octanol–water partition coefficient (Wildman–Crippen LogP) is 2.74. The molecule has 0 spiro atoms. The normalized spacial score (nSPS) is 17.8. The molecule has 1 fully saturated rings. The molecule has 0 atom stereocenters. The third-order valence-corrected chi connectivity index (χ3v) is 5.30. The molecule has 0 amide bonds. The van der Waals surface area contributed by atoms with E-state index in [1.165, 1.54) is 5.57 Å². The fraction of sp³-hybridized carbons (Fsp3) is 0.429. The number of methoxy groups -OCH3 is 1. The fourth-order valence-electron chi connectivity index (χ4n) is 3.91. The molecule has 0 bridgehead atoms. The Balaban J connectivity index is 1.39. The summed E-state index contributed by atoms with van der Waals surface area (Å²) in [4.78, 5) is 21.4. The lowest BCUT2D eigenvalue weighted by Crippen LogP contribution is -2.36. The van der Waals surface area contributed by atoms with Crippen molar-refractivity contribution in [3.63, 3.8) is 0 Å². The zero-order valence-electron chi connectivity index (χ0n) is 15.8. The van der Waals surface area contributed by atoms with Gasteiger partial charge in [-0.2, -0.15) is 0 Å². The van der Waals surface area contributed by atoms with Crippen LogP contribution < -0.4 is 15.0 Å². The van der Waals surface area contributed by atoms with Crippen LogP contribution in [0, 0.1) is 6.92 Å². The average molecular weight is 367 g/mol. The Bertz CT molecular complexity index is 911. The Hall–Kier alpha value is -2.60. The second-order valence-corrected chi connectivity index (χ2v) is 7.30. The van der Waals surface area contributed by atoms with Gasteiger partial charge in [-0.05, 0) is 62.7 Å². The average Bonchev–Trinajstić information content (AvgIpc) is 2.67. The zero-order valence-corrected chi connectivity index (χ0v) is 15.8. The number of hydrogen-bond donors (Lipinski definition) is 1. The van der Waals surface area contributed by atoms with Gasteiger partial charge in [-0.3, -0.25) is 9.69 Å². The van der Waals surface area contributed by atoms with E-state index < -0.39 is 0 Å². The van der Waals surface area contributed by atoms with Gasteiger partial charge in [0.1, 0.15) is 23.9 Å². The number of H-pyrrole nitrogens is 1. The van der Waals surface area contributed by atoms with Crippen molar-refractivity contribution < 1.29 is 9.47 Å². The summed E-state index contributed by atoms with van der Waals surface area (Å²) in [6, 6.07) is 7.55. The first-order chi connectivity index (χ1) is 13.1. The molecule has 2 aliphatic heterocycles. The summed E-state index contributed by atoms with van der Waals surface area (Å²) >= 11 is 0. The number of nitrogens with one attached hydrogen (secondary N) is 1. The summed E-state index contributed by atoms with van der Waals surface area (Å²) < 4.78 is 11.2. The van der Waals surface area contributed by atoms with Gasteiger partial charge in [-0.25, -0.2) is 4.98 Å². The molecule has 0 radical (unpaired) electrons. The van der Waals surface area contributed by atoms with Crippen molar-refractivity contribution >= 4 is 6.08 Å². The molecular weight excluding hydrogens is 342 g/mol. The van der Waals surface area contributed by atoms with Crippen molar-refractivity contribution in [2.45, 2.75) is 25.7 Å². The monoisotopic (exact) mass is 367 g/mol. The predicted molar refractivity (Wildman–Crippen MR) is 104 cm³/mol. The number of ether oxygens (including phenoxy) is 2. The molecule has 0 aliphatic carbocycles. The fourth-order valence-corrected chi connectivity index (χ4v) is 3.91. The van der Waals surface area contributed by atoms with E-state index in [0.29, 0.717) is 18.3 Å². The molecule has 6 nitrogen and oxygen atoms in total. The maximum atomic E-state index is 11.7. The number of piperidine rings is 1. The van der Waals surface area contributed by atoms with Crippen molar-refractivity contribution in [3.8, 4) is 11.5 Å². The minimum absolute atomic E-state index is 0.0569. The lowest BCUT2D eigenvalue weighted by Gasteiger charge is -2.33. The maximum Gasteiger partial charge on any atom is 0.251 e. The molecule has 1 saturated heterocycles. The highest BCUT2D eigenvalue weighted by atomic mass is 16.5. The first kappa shape index (κ1) is 17.8. The van der Waals surface area contributed by atoms with E-state index in [2.05, 4.69) is 20.9 Å². The lowest BCUT2D eigenvalue weighted by molar-refractivity contribution is 0.217. The Morgan fingerprint density at radius 3 is 2.85 bits per heavy atom. The lowest BCUT2D eigenvalue weighted by atomic mass is 9.93. The van der Waals surface area contributed by atoms with Crippen LogP contribution in [0.3, 0.4) is 0 Å². The summed E-state index contributed by atoms with van der Waals surface area (Å²) in [5.41, 5.74) is 3.23. The number of aryl methyl sites for hydroxylation is 1. The van der Waals surface area contributed by atoms with Crippen molar-refractivity contribution in [2.75, 3.05) is 33.4 Å². The summed E-state index contributed by atoms with van der Waals surface area (Å²) in [7, 11) is 1.68. The smallest absolute Gasteiger partial charge is 0.251 e. The summed E-state index contributed by atoms with van der Waals surface area (Å²) in [5, 5.41) is 0. The molecule has 0 unspecified atom stereocenters. The van der Waals surface area contributed by atoms with Crippen LogP contribution in [0.15, 0.2) is 34.6 Å². The van der Waals surface area contributed by atoms with Gasteiger partial charge in [0.25, 0.3) is 5.56 Å². The van der Waals surface area contributed by atoms with E-state index in [4.69, 9.17) is 9.47 Å². The number of likely N-dealkylation sites (tertiary alicyclic amines) is 1. The maximum absolute atomic E-state index is 11.7. The minimum Gasteiger partial charge on any atom is -0.497 e. The molecule has 2 aliphatic rings. The number of fused-ring (bicyclic) bond motifs is 1. The Labute approximate surface area is 158 Å². The van der Waals surface area contributed by atoms with Gasteiger partial charge in [0.05, 0.1) is 12.8 Å². The van der Waals surface area contributed by atoms with E-state index >= 15 is 0 Å². The second-order valence-electron chi connectivity index (χ2n) is 7.30. The summed E-state index contributed by atoms with van der Waals surface area (Å²) in [6.45, 7) is 5.38. The number of nitrogens with zero attached hydrogens (tertiary/aromatic N) is 2. The minimum atomic E-state index is -0.0569. The molecule has 6 heteroatoms. The van der Waals surface area contributed by atoms with Crippen LogP contribution in [-0.4, -0.2) is 48.2 Å². The number of benzene rings is 1. The summed E-state index contributed by atoms with van der Waals surface area (Å²) in [6.07, 6.45) is 4.26. The van der Waals surface area contributed by atoms with Gasteiger partial charge >= 0.3 is 0 Å². The van der Waals surface area contributed by atoms with Crippen molar-refractivity contribution in [1.29, 1.82) is 0 Å². The SMILES string of the molecule is COc1ccc2c(c1)C=C(CN1CCC(c3cc(=O)[nH]c(C)n3)CC1)CO2. The highest BCUT2D eigenvalue weighted by Gasteiger charge is 2.23. The molecule has 142 valence electrons. The van der Waals surface area contributed by atoms with E-state index in [1.54, 1.807) is 13.2 Å². The highest BCUT2D eigenvalue weighted by Crippen LogP contribution is 2.31. The topological polar surface area (TPSA) is 67.5 Å². The third-order valence-electron chi connectivity index (χ3n) is 5.30. The first-order valence-corrected chi connectivity index (χ1v) is 9.41. The summed E-state index contributed by atoms with van der Waals surface area (Å²) in [5.74, 6) is 2.81. The van der Waals surface area contributed by atoms with E-state index in [9.17, 15) is 4.79 Å². The molecule has 1 N–H and O–H groups in total. The molecule has 0 saturated carbocycles. The van der Waals surface area contributed by atoms with Crippen LogP contribution in [-0.2, 0) is 0 Å². The van der Waals surface area contributed by atoms with Crippen molar-refractivity contribution in [1.82, 2.24) is 14.9 Å². The van der Waals surface area contributed by atoms with Crippen molar-refractivity contribution in [3.05, 3.63) is 57.3 Å². The molecular formula is C21H25N3O3. The molecule has 1 aromatic heterocycles. The Morgan fingerprint density at radius 1 is 1.30 bits per heavy atom. The van der Waals surface area contributed by atoms with Crippen LogP contribution in [0.4, 0.5) is 0 Å². The van der Waals surface area contributed by atoms with Crippen LogP contribution in [0.2, 0.25) is 0 Å². The first-order valence-electron chi connectivity index (χ1n) is 9.41. The van der Waals surface area contributed by atoms with Gasteiger partial charge in [0, 0.05) is 24.1 Å². The van der Waals surface area contributed by atoms with Crippen LogP contribution in [0.5, 0.6) is 11.5 Å². The van der Waals surface area contributed by atoms with Gasteiger partial charge in [0.2, 0.25) is 0 Å². The van der Waals surface area contributed by atoms with E-state index in [0.717, 1.165) is 55.2 Å². The van der Waals surface area contributed by atoms with E-state index in [1.807, 2.05) is 25.1 Å². The Morgan fingerprint density at radius 2 is 2.11 bits per heavy atom. The van der Waals surface area contributed by atoms with E-state index in [-0.39, 0.29) is 5.56 Å². The second kappa shape index (κ2) is 7.56. The highest BCUT2D eigenvalue weighted by molar-refractivity contribution is 5.64. The number of hydrogen-bond acceptors (Lipinski definition) is 5. The molecule has 4 rings (SSSR count). The van der Waals surface area contributed by atoms with Gasteiger partial charge < -0.3 is 14.5 Å². The Kier molecular flexibility index (Phi) is 4.99. The molecule has 1 aromatic carbocycles. The third kappa shape index (κ3) is 4.06. The number of aromatic nitrogens is 2. The van der Waals surface area contributed by atoms with Gasteiger partial charge in [0.15, 0.2) is 0 Å². The van der Waals surface area contributed by atoms with Gasteiger partial charge in [-0.15, -0.1) is 0 Å². The molecule has 2 aromatic rings. The van der Waals surface area contributed by atoms with Crippen LogP contribution >= 0.6 is 0 Å². The van der Waals surface area contributed by atoms with Crippen molar-refractivity contribution in [2.24, 2.45) is 0 Å². The molecule has 27 heavy (non-hydrogen) atoms. The van der Waals surface area contributed by atoms with Crippen LogP contribution in [0.1, 0.15) is 35.8 Å². The van der Waals surface area contributed by atoms with Crippen LogP contribution in [0.25, 0.3) is 6.08 Å². The van der Waals surface area contributed by atoms with Gasteiger partial charge in [-0.1, -0.05) is 0 Å². The number of aromatic amines is 1. The largest absolute Gasteiger partial charge is 0.497 e.